The summed E-state index contributed by atoms with van der Waals surface area (Å²) in [5.41, 5.74) is -0.330. The van der Waals surface area contributed by atoms with Gasteiger partial charge in [0.05, 0.1) is 36.9 Å². The molecule has 12 atom stereocenters. The first-order chi connectivity index (χ1) is 15.4. The van der Waals surface area contributed by atoms with Crippen molar-refractivity contribution in [1.29, 1.82) is 0 Å². The molecule has 4 rings (SSSR count). The van der Waals surface area contributed by atoms with Gasteiger partial charge in [-0.15, -0.1) is 0 Å². The van der Waals surface area contributed by atoms with E-state index in [9.17, 15) is 25.2 Å². The van der Waals surface area contributed by atoms with Crippen molar-refractivity contribution in [3.8, 4) is 0 Å². The third kappa shape index (κ3) is 4.17. The Hall–Kier alpha value is -0.690. The summed E-state index contributed by atoms with van der Waals surface area (Å²) in [5, 5.41) is 42.4. The molecule has 33 heavy (non-hydrogen) atoms. The van der Waals surface area contributed by atoms with E-state index in [1.54, 1.807) is 0 Å². The Bertz CT molecular complexity index is 725. The lowest BCUT2D eigenvalue weighted by atomic mass is 9.48. The molecule has 3 aliphatic carbocycles. The molecule has 0 bridgehead atoms. The summed E-state index contributed by atoms with van der Waals surface area (Å²) in [7, 11) is 0. The molecule has 6 heteroatoms. The van der Waals surface area contributed by atoms with Crippen molar-refractivity contribution in [1.82, 2.24) is 0 Å². The molecule has 1 aliphatic heterocycles. The standard InChI is InChI=1S/C27H46O6/c1-14(2)10-22(29)24(31)15(3)17-6-7-18-16-13-33-25(32)20-11-21(28)23(30)12-27(20,5)19(16)8-9-26(17,18)4/h14-24,28-31H,6-13H2,1-5H3/t15-,16+,17+,18-,19-,20+,21-,22-,23+,24-,26-,27-/m1/s1. The number of carbonyl (C=O) groups is 1. The molecule has 0 unspecified atom stereocenters. The average molecular weight is 467 g/mol. The summed E-state index contributed by atoms with van der Waals surface area (Å²) < 4.78 is 5.85. The van der Waals surface area contributed by atoms with Crippen LogP contribution in [0, 0.1) is 52.3 Å². The average Bonchev–Trinajstić information content (AvgIpc) is 3.05. The number of hydrogen-bond donors (Lipinski definition) is 4. The molecule has 0 spiro atoms. The molecule has 1 heterocycles. The Morgan fingerprint density at radius 1 is 1.00 bits per heavy atom. The van der Waals surface area contributed by atoms with Crippen LogP contribution >= 0.6 is 0 Å². The minimum atomic E-state index is -0.864. The topological polar surface area (TPSA) is 107 Å². The lowest BCUT2D eigenvalue weighted by Gasteiger charge is -2.56. The smallest absolute Gasteiger partial charge is 0.309 e. The highest BCUT2D eigenvalue weighted by Crippen LogP contribution is 2.66. The van der Waals surface area contributed by atoms with E-state index in [-0.39, 0.29) is 46.9 Å². The van der Waals surface area contributed by atoms with Gasteiger partial charge in [-0.25, -0.2) is 0 Å². The maximum Gasteiger partial charge on any atom is 0.309 e. The molecule has 4 fully saturated rings. The molecular formula is C27H46O6. The highest BCUT2D eigenvalue weighted by atomic mass is 16.5. The number of aliphatic hydroxyl groups excluding tert-OH is 4. The predicted octanol–water partition coefficient (Wildman–Crippen LogP) is 3.14. The van der Waals surface area contributed by atoms with Gasteiger partial charge in [-0.3, -0.25) is 4.79 Å². The second-order valence-electron chi connectivity index (χ2n) is 12.9. The van der Waals surface area contributed by atoms with Crippen LogP contribution in [0.5, 0.6) is 0 Å². The van der Waals surface area contributed by atoms with Crippen LogP contribution in [0.2, 0.25) is 0 Å². The zero-order valence-electron chi connectivity index (χ0n) is 21.1. The van der Waals surface area contributed by atoms with Crippen LogP contribution < -0.4 is 0 Å². The second kappa shape index (κ2) is 9.07. The Morgan fingerprint density at radius 3 is 2.33 bits per heavy atom. The van der Waals surface area contributed by atoms with Crippen molar-refractivity contribution in [2.45, 2.75) is 104 Å². The van der Waals surface area contributed by atoms with Gasteiger partial charge in [0.1, 0.15) is 0 Å². The molecule has 0 radical (unpaired) electrons. The van der Waals surface area contributed by atoms with E-state index in [4.69, 9.17) is 4.74 Å². The number of rotatable bonds is 5. The van der Waals surface area contributed by atoms with E-state index in [0.29, 0.717) is 37.2 Å². The number of ether oxygens (including phenoxy) is 1. The van der Waals surface area contributed by atoms with Gasteiger partial charge in [0.25, 0.3) is 0 Å². The molecule has 0 aromatic carbocycles. The first-order valence-corrected chi connectivity index (χ1v) is 13.3. The Kier molecular flexibility index (Phi) is 6.98. The number of fused-ring (bicyclic) bond motifs is 5. The van der Waals surface area contributed by atoms with Crippen molar-refractivity contribution in [2.24, 2.45) is 52.3 Å². The van der Waals surface area contributed by atoms with Crippen LogP contribution in [0.15, 0.2) is 0 Å². The van der Waals surface area contributed by atoms with Crippen molar-refractivity contribution < 1.29 is 30.0 Å². The number of esters is 1. The van der Waals surface area contributed by atoms with Gasteiger partial charge in [0.15, 0.2) is 0 Å². The number of cyclic esters (lactones) is 1. The SMILES string of the molecule is CC(C)C[C@@H](O)[C@H](O)[C@H](C)[C@@H]1CC[C@@H]2[C@@H]3COC(=O)[C@@H]4C[C@@H](O)[C@@H](O)C[C@]4(C)[C@@H]3CC[C@@]21C. The van der Waals surface area contributed by atoms with Crippen molar-refractivity contribution in [3.05, 3.63) is 0 Å². The first kappa shape index (κ1) is 25.4. The summed E-state index contributed by atoms with van der Waals surface area (Å²) in [6, 6.07) is 0. The van der Waals surface area contributed by atoms with Gasteiger partial charge in [-0.2, -0.15) is 0 Å². The van der Waals surface area contributed by atoms with Gasteiger partial charge < -0.3 is 25.2 Å². The highest BCUT2D eigenvalue weighted by molar-refractivity contribution is 5.74. The molecule has 0 aromatic heterocycles. The molecular weight excluding hydrogens is 420 g/mol. The molecule has 3 saturated carbocycles. The third-order valence-corrected chi connectivity index (χ3v) is 10.7. The Labute approximate surface area is 199 Å². The van der Waals surface area contributed by atoms with Crippen molar-refractivity contribution >= 4 is 5.97 Å². The summed E-state index contributed by atoms with van der Waals surface area (Å²) in [5.74, 6) is 0.998. The maximum absolute atomic E-state index is 13.0. The maximum atomic E-state index is 13.0. The monoisotopic (exact) mass is 466 g/mol. The second-order valence-corrected chi connectivity index (χ2v) is 12.9. The minimum absolute atomic E-state index is 0.00798. The summed E-state index contributed by atoms with van der Waals surface area (Å²) >= 11 is 0. The zero-order valence-corrected chi connectivity index (χ0v) is 21.1. The molecule has 4 aliphatic rings. The Morgan fingerprint density at radius 2 is 1.67 bits per heavy atom. The van der Waals surface area contributed by atoms with Gasteiger partial charge in [0, 0.05) is 0 Å². The predicted molar refractivity (Wildman–Crippen MR) is 125 cm³/mol. The lowest BCUT2D eigenvalue weighted by molar-refractivity contribution is -0.162. The largest absolute Gasteiger partial charge is 0.465 e. The normalized spacial score (nSPS) is 48.2. The third-order valence-electron chi connectivity index (χ3n) is 10.7. The molecule has 1 saturated heterocycles. The fourth-order valence-corrected chi connectivity index (χ4v) is 8.90. The summed E-state index contributed by atoms with van der Waals surface area (Å²) in [6.07, 6.45) is 2.30. The fourth-order valence-electron chi connectivity index (χ4n) is 8.90. The van der Waals surface area contributed by atoms with E-state index in [0.717, 1.165) is 25.7 Å². The van der Waals surface area contributed by atoms with Crippen LogP contribution in [-0.2, 0) is 9.53 Å². The van der Waals surface area contributed by atoms with E-state index < -0.39 is 24.4 Å². The molecule has 0 amide bonds. The molecule has 0 aromatic rings. The van der Waals surface area contributed by atoms with Crippen molar-refractivity contribution in [2.75, 3.05) is 6.61 Å². The number of carbonyl (C=O) groups excluding carboxylic acids is 1. The van der Waals surface area contributed by atoms with E-state index in [1.807, 2.05) is 0 Å². The van der Waals surface area contributed by atoms with E-state index >= 15 is 0 Å². The minimum Gasteiger partial charge on any atom is -0.465 e. The van der Waals surface area contributed by atoms with Gasteiger partial charge >= 0.3 is 5.97 Å². The summed E-state index contributed by atoms with van der Waals surface area (Å²) in [4.78, 5) is 13.0. The van der Waals surface area contributed by atoms with Gasteiger partial charge in [-0.05, 0) is 91.3 Å². The van der Waals surface area contributed by atoms with Gasteiger partial charge in [-0.1, -0.05) is 34.6 Å². The van der Waals surface area contributed by atoms with Crippen LogP contribution in [-0.4, -0.2) is 57.4 Å². The molecule has 190 valence electrons. The zero-order chi connectivity index (χ0) is 24.3. The number of hydrogen-bond acceptors (Lipinski definition) is 6. The molecule has 6 nitrogen and oxygen atoms in total. The Balaban J connectivity index is 1.57. The van der Waals surface area contributed by atoms with E-state index in [2.05, 4.69) is 34.6 Å². The quantitative estimate of drug-likeness (QED) is 0.464. The molecule has 4 N–H and O–H groups in total. The fraction of sp³-hybridized carbons (Fsp3) is 0.963. The first-order valence-electron chi connectivity index (χ1n) is 13.3. The van der Waals surface area contributed by atoms with Crippen LogP contribution in [0.4, 0.5) is 0 Å². The van der Waals surface area contributed by atoms with Crippen molar-refractivity contribution in [3.63, 3.8) is 0 Å². The van der Waals surface area contributed by atoms with Crippen LogP contribution in [0.3, 0.4) is 0 Å². The highest BCUT2D eigenvalue weighted by Gasteiger charge is 2.63. The number of aliphatic hydroxyl groups is 4. The van der Waals surface area contributed by atoms with Crippen LogP contribution in [0.25, 0.3) is 0 Å². The van der Waals surface area contributed by atoms with Gasteiger partial charge in [0.2, 0.25) is 0 Å². The van der Waals surface area contributed by atoms with E-state index in [1.165, 1.54) is 0 Å². The lowest BCUT2D eigenvalue weighted by Crippen LogP contribution is -2.55. The van der Waals surface area contributed by atoms with Crippen LogP contribution in [0.1, 0.15) is 79.6 Å². The summed E-state index contributed by atoms with van der Waals surface area (Å²) in [6.45, 7) is 11.1.